The Morgan fingerprint density at radius 3 is 2.86 bits per heavy atom. The van der Waals surface area contributed by atoms with E-state index in [2.05, 4.69) is 17.9 Å². The number of nitrogens with zero attached hydrogens (tertiary/aromatic N) is 1. The van der Waals surface area contributed by atoms with Gasteiger partial charge < -0.3 is 9.64 Å². The van der Waals surface area contributed by atoms with Gasteiger partial charge in [-0.25, -0.2) is 0 Å². The van der Waals surface area contributed by atoms with Crippen molar-refractivity contribution in [2.75, 3.05) is 13.2 Å². The molecule has 21 heavy (non-hydrogen) atoms. The lowest BCUT2D eigenvalue weighted by Crippen LogP contribution is -2.31. The Bertz CT molecular complexity index is 620. The van der Waals surface area contributed by atoms with Crippen LogP contribution in [0.2, 0.25) is 0 Å². The number of allylic oxidation sites excluding steroid dienone is 1. The molecule has 1 aliphatic rings. The number of hydrogen-bond donors (Lipinski definition) is 0. The summed E-state index contributed by atoms with van der Waals surface area (Å²) in [5, 5.41) is 0. The lowest BCUT2D eigenvalue weighted by atomic mass is 10.00. The second-order valence-electron chi connectivity index (χ2n) is 4.96. The Labute approximate surface area is 126 Å². The molecule has 2 rings (SSSR count). The molecule has 0 bridgehead atoms. The van der Waals surface area contributed by atoms with Gasteiger partial charge in [-0.2, -0.15) is 0 Å². The minimum absolute atomic E-state index is 0.202. The average Bonchev–Trinajstić information content (AvgIpc) is 2.47. The van der Waals surface area contributed by atoms with Gasteiger partial charge in [0.15, 0.2) is 0 Å². The van der Waals surface area contributed by atoms with Gasteiger partial charge in [-0.3, -0.25) is 4.79 Å². The summed E-state index contributed by atoms with van der Waals surface area (Å²) in [6.45, 7) is 6.95. The number of carbonyl (C=O) groups excluding carboxylic acids is 1. The number of carbonyl (C=O) groups is 1. The van der Waals surface area contributed by atoms with Gasteiger partial charge in [-0.1, -0.05) is 12.0 Å². The van der Waals surface area contributed by atoms with E-state index in [9.17, 15) is 4.79 Å². The zero-order chi connectivity index (χ0) is 15.2. The van der Waals surface area contributed by atoms with Crippen LogP contribution in [0, 0.1) is 18.8 Å². The van der Waals surface area contributed by atoms with E-state index in [0.717, 1.165) is 29.0 Å². The van der Waals surface area contributed by atoms with E-state index in [1.54, 1.807) is 6.92 Å². The number of aryl methyl sites for hydroxylation is 1. The summed E-state index contributed by atoms with van der Waals surface area (Å²) >= 11 is 0. The van der Waals surface area contributed by atoms with Crippen molar-refractivity contribution in [3.63, 3.8) is 0 Å². The predicted molar refractivity (Wildman–Crippen MR) is 84.7 cm³/mol. The van der Waals surface area contributed by atoms with Gasteiger partial charge in [0, 0.05) is 24.2 Å². The van der Waals surface area contributed by atoms with Crippen LogP contribution in [0.3, 0.4) is 0 Å². The van der Waals surface area contributed by atoms with Crippen LogP contribution in [0.15, 0.2) is 24.3 Å². The molecule has 0 aromatic heterocycles. The maximum Gasteiger partial charge on any atom is 0.227 e. The molecule has 0 saturated carbocycles. The largest absolute Gasteiger partial charge is 0.481 e. The topological polar surface area (TPSA) is 29.5 Å². The van der Waals surface area contributed by atoms with E-state index in [-0.39, 0.29) is 5.91 Å². The molecule has 0 unspecified atom stereocenters. The molecule has 1 heterocycles. The monoisotopic (exact) mass is 283 g/mol. The molecule has 3 heteroatoms. The predicted octanol–water partition coefficient (Wildman–Crippen LogP) is 3.38. The summed E-state index contributed by atoms with van der Waals surface area (Å²) < 4.78 is 5.57. The van der Waals surface area contributed by atoms with Gasteiger partial charge in [-0.05, 0) is 51.0 Å². The van der Waals surface area contributed by atoms with Crippen LogP contribution in [0.1, 0.15) is 37.8 Å². The van der Waals surface area contributed by atoms with Crippen molar-refractivity contribution in [2.24, 2.45) is 0 Å². The summed E-state index contributed by atoms with van der Waals surface area (Å²) in [5.74, 6) is 6.70. The fourth-order valence-electron chi connectivity index (χ4n) is 2.52. The van der Waals surface area contributed by atoms with Gasteiger partial charge in [0.1, 0.15) is 12.4 Å². The first-order valence-electron chi connectivity index (χ1n) is 7.31. The SMILES string of the molecule is CC#CCOc1ccc(C2=CCCC(=O)N2CC)c(C)c1. The third kappa shape index (κ3) is 3.46. The third-order valence-corrected chi connectivity index (χ3v) is 3.57. The van der Waals surface area contributed by atoms with Gasteiger partial charge in [0.25, 0.3) is 0 Å². The van der Waals surface area contributed by atoms with E-state index in [0.29, 0.717) is 19.6 Å². The first-order valence-corrected chi connectivity index (χ1v) is 7.31. The molecule has 110 valence electrons. The molecule has 0 spiro atoms. The molecule has 0 N–H and O–H groups in total. The highest BCUT2D eigenvalue weighted by molar-refractivity contribution is 5.89. The standard InChI is InChI=1S/C18H21NO2/c1-4-6-12-21-15-10-11-16(14(3)13-15)17-8-7-9-18(20)19(17)5-2/h8,10-11,13H,5,7,9,12H2,1-3H3. The van der Waals surface area contributed by atoms with Gasteiger partial charge in [0.05, 0.1) is 0 Å². The Hall–Kier alpha value is -2.21. The molecule has 0 atom stereocenters. The van der Waals surface area contributed by atoms with E-state index in [1.165, 1.54) is 0 Å². The molecule has 1 aliphatic heterocycles. The van der Waals surface area contributed by atoms with Crippen molar-refractivity contribution in [1.29, 1.82) is 0 Å². The van der Waals surface area contributed by atoms with Crippen LogP contribution in [0.4, 0.5) is 0 Å². The van der Waals surface area contributed by atoms with Crippen molar-refractivity contribution in [3.05, 3.63) is 35.4 Å². The summed E-state index contributed by atoms with van der Waals surface area (Å²) in [6, 6.07) is 5.96. The minimum atomic E-state index is 0.202. The lowest BCUT2D eigenvalue weighted by molar-refractivity contribution is -0.128. The molecule has 0 saturated heterocycles. The van der Waals surface area contributed by atoms with E-state index >= 15 is 0 Å². The van der Waals surface area contributed by atoms with E-state index in [4.69, 9.17) is 4.74 Å². The first kappa shape index (κ1) is 15.2. The first-order chi connectivity index (χ1) is 10.2. The van der Waals surface area contributed by atoms with E-state index < -0.39 is 0 Å². The van der Waals surface area contributed by atoms with Crippen LogP contribution < -0.4 is 4.74 Å². The number of rotatable bonds is 4. The summed E-state index contributed by atoms with van der Waals surface area (Å²) in [4.78, 5) is 13.9. The number of hydrogen-bond acceptors (Lipinski definition) is 2. The summed E-state index contributed by atoms with van der Waals surface area (Å²) in [7, 11) is 0. The fourth-order valence-corrected chi connectivity index (χ4v) is 2.52. The highest BCUT2D eigenvalue weighted by Gasteiger charge is 2.22. The number of benzene rings is 1. The second-order valence-corrected chi connectivity index (χ2v) is 4.96. The third-order valence-electron chi connectivity index (χ3n) is 3.57. The maximum atomic E-state index is 12.0. The van der Waals surface area contributed by atoms with Crippen LogP contribution >= 0.6 is 0 Å². The molecule has 0 fully saturated rings. The maximum absolute atomic E-state index is 12.0. The molecular weight excluding hydrogens is 262 g/mol. The molecular formula is C18H21NO2. The molecule has 3 nitrogen and oxygen atoms in total. The number of ether oxygens (including phenoxy) is 1. The van der Waals surface area contributed by atoms with Gasteiger partial charge in [0.2, 0.25) is 5.91 Å². The molecule has 0 radical (unpaired) electrons. The Morgan fingerprint density at radius 1 is 1.38 bits per heavy atom. The van der Waals surface area contributed by atoms with Crippen molar-refractivity contribution in [3.8, 4) is 17.6 Å². The fraction of sp³-hybridized carbons (Fsp3) is 0.389. The second kappa shape index (κ2) is 6.99. The van der Waals surface area contributed by atoms with E-state index in [1.807, 2.05) is 36.9 Å². The van der Waals surface area contributed by atoms with Crippen molar-refractivity contribution >= 4 is 11.6 Å². The van der Waals surface area contributed by atoms with Crippen molar-refractivity contribution < 1.29 is 9.53 Å². The van der Waals surface area contributed by atoms with Gasteiger partial charge >= 0.3 is 0 Å². The van der Waals surface area contributed by atoms with Crippen molar-refractivity contribution in [2.45, 2.75) is 33.6 Å². The molecule has 1 aromatic rings. The Kier molecular flexibility index (Phi) is 5.05. The zero-order valence-electron chi connectivity index (χ0n) is 12.9. The Balaban J connectivity index is 2.25. The average molecular weight is 283 g/mol. The molecule has 1 aromatic carbocycles. The highest BCUT2D eigenvalue weighted by atomic mass is 16.5. The quantitative estimate of drug-likeness (QED) is 0.793. The van der Waals surface area contributed by atoms with Crippen LogP contribution in [-0.4, -0.2) is 24.0 Å². The Morgan fingerprint density at radius 2 is 2.19 bits per heavy atom. The highest BCUT2D eigenvalue weighted by Crippen LogP contribution is 2.29. The van der Waals surface area contributed by atoms with Crippen molar-refractivity contribution in [1.82, 2.24) is 4.90 Å². The smallest absolute Gasteiger partial charge is 0.227 e. The summed E-state index contributed by atoms with van der Waals surface area (Å²) in [5.41, 5.74) is 3.22. The van der Waals surface area contributed by atoms with Crippen LogP contribution in [-0.2, 0) is 4.79 Å². The lowest BCUT2D eigenvalue weighted by Gasteiger charge is -2.28. The number of amides is 1. The van der Waals surface area contributed by atoms with Gasteiger partial charge in [-0.15, -0.1) is 5.92 Å². The molecule has 1 amide bonds. The zero-order valence-corrected chi connectivity index (χ0v) is 12.9. The molecule has 0 aliphatic carbocycles. The van der Waals surface area contributed by atoms with Crippen LogP contribution in [0.5, 0.6) is 5.75 Å². The normalized spacial score (nSPS) is 14.3. The summed E-state index contributed by atoms with van der Waals surface area (Å²) in [6.07, 6.45) is 3.57. The van der Waals surface area contributed by atoms with Crippen LogP contribution in [0.25, 0.3) is 5.70 Å². The minimum Gasteiger partial charge on any atom is -0.481 e.